The lowest BCUT2D eigenvalue weighted by atomic mass is 10.1. The first kappa shape index (κ1) is 66.0. The quantitative estimate of drug-likeness (QED) is 0.0369. The first-order chi connectivity index (χ1) is 27.6. The lowest BCUT2D eigenvalue weighted by molar-refractivity contribution is -0.135. The second kappa shape index (κ2) is 45.8. The fraction of sp³-hybridized carbons (Fsp3) is 0.706. The van der Waals surface area contributed by atoms with E-state index in [9.17, 15) is 9.59 Å². The fourth-order valence-electron chi connectivity index (χ4n) is 3.83. The number of carboxylic acids is 6. The Morgan fingerprint density at radius 3 is 0.900 bits per heavy atom. The number of rotatable bonds is 18. The van der Waals surface area contributed by atoms with Crippen molar-refractivity contribution in [3.8, 4) is 0 Å². The van der Waals surface area contributed by atoms with Gasteiger partial charge in [0, 0.05) is 93.9 Å². The summed E-state index contributed by atoms with van der Waals surface area (Å²) in [7, 11) is 0. The molecule has 0 radical (unpaired) electrons. The van der Waals surface area contributed by atoms with E-state index in [-0.39, 0.29) is 23.7 Å². The number of hydrogen-bond donors (Lipinski definition) is 14. The highest BCUT2D eigenvalue weighted by molar-refractivity contribution is 5.81. The number of amides is 2. The van der Waals surface area contributed by atoms with Crippen molar-refractivity contribution in [2.75, 3.05) is 65.4 Å². The van der Waals surface area contributed by atoms with Gasteiger partial charge in [0.25, 0.3) is 35.8 Å². The zero-order valence-corrected chi connectivity index (χ0v) is 35.7. The number of hydrogen-bond acceptors (Lipinski definition) is 14. The van der Waals surface area contributed by atoms with Gasteiger partial charge in [-0.25, -0.2) is 0 Å². The van der Waals surface area contributed by atoms with E-state index >= 15 is 0 Å². The average Bonchev–Trinajstić information content (AvgIpc) is 3.07. The van der Waals surface area contributed by atoms with Gasteiger partial charge in [-0.2, -0.15) is 0 Å². The summed E-state index contributed by atoms with van der Waals surface area (Å²) < 4.78 is 0. The van der Waals surface area contributed by atoms with E-state index in [0.29, 0.717) is 51.9 Å². The normalized spacial score (nSPS) is 12.1. The number of carboxylic acid groups (broad SMARTS) is 6. The second-order valence-corrected chi connectivity index (χ2v) is 12.2. The van der Waals surface area contributed by atoms with Crippen LogP contribution in [-0.2, 0) is 38.4 Å². The van der Waals surface area contributed by atoms with Gasteiger partial charge in [0.2, 0.25) is 11.8 Å². The average molecular weight is 873 g/mol. The zero-order chi connectivity index (χ0) is 48.2. The molecule has 1 fully saturated rings. The summed E-state index contributed by atoms with van der Waals surface area (Å²) in [5.74, 6) is -5.17. The van der Waals surface area contributed by atoms with Crippen LogP contribution < -0.4 is 45.0 Å². The molecule has 0 unspecified atom stereocenters. The Labute approximate surface area is 350 Å². The maximum Gasteiger partial charge on any atom is 0.300 e. The molecule has 1 saturated heterocycles. The summed E-state index contributed by atoms with van der Waals surface area (Å²) in [6.45, 7) is 14.5. The number of carbonyl (C=O) groups excluding carboxylic acids is 2. The molecular formula is C34H72N12O14. The molecule has 20 N–H and O–H groups in total. The van der Waals surface area contributed by atoms with E-state index in [1.807, 2.05) is 0 Å². The number of piperazine rings is 1. The molecule has 1 aliphatic heterocycles. The Hall–Kier alpha value is -5.86. The van der Waals surface area contributed by atoms with Gasteiger partial charge in [-0.3, -0.25) is 48.3 Å². The molecule has 1 rings (SSSR count). The number of aliphatic carboxylic acids is 6. The summed E-state index contributed by atoms with van der Waals surface area (Å²) in [5, 5.41) is 50.3. The minimum absolute atomic E-state index is 0.0482. The molecule has 0 aromatic rings. The molecule has 0 aliphatic carbocycles. The third-order valence-electron chi connectivity index (χ3n) is 5.97. The third-order valence-corrected chi connectivity index (χ3v) is 5.97. The molecule has 0 spiro atoms. The molecule has 2 amide bonds. The Morgan fingerprint density at radius 1 is 0.483 bits per heavy atom. The van der Waals surface area contributed by atoms with E-state index in [2.05, 4.69) is 30.4 Å². The molecule has 26 heteroatoms. The number of carbonyl (C=O) groups is 8. The van der Waals surface area contributed by atoms with Gasteiger partial charge in [-0.05, 0) is 51.6 Å². The monoisotopic (exact) mass is 873 g/mol. The zero-order valence-electron chi connectivity index (χ0n) is 35.7. The van der Waals surface area contributed by atoms with Crippen LogP contribution in [0.4, 0.5) is 0 Å². The van der Waals surface area contributed by atoms with Crippen molar-refractivity contribution >= 4 is 59.5 Å². The Morgan fingerprint density at radius 2 is 0.700 bits per heavy atom. The molecule has 1 aliphatic rings. The minimum Gasteiger partial charge on any atom is -0.481 e. The van der Waals surface area contributed by atoms with E-state index < -0.39 is 47.9 Å². The van der Waals surface area contributed by atoms with Crippen LogP contribution in [0.15, 0.2) is 9.98 Å². The smallest absolute Gasteiger partial charge is 0.300 e. The van der Waals surface area contributed by atoms with E-state index in [0.717, 1.165) is 93.7 Å². The number of nitrogens with zero attached hydrogens (tertiary/aromatic N) is 4. The van der Waals surface area contributed by atoms with Crippen LogP contribution >= 0.6 is 0 Å². The van der Waals surface area contributed by atoms with Crippen LogP contribution in [0, 0.1) is 0 Å². The number of guanidine groups is 2. The first-order valence-corrected chi connectivity index (χ1v) is 18.4. The lowest BCUT2D eigenvalue weighted by Gasteiger charge is -2.34. The summed E-state index contributed by atoms with van der Waals surface area (Å²) >= 11 is 0. The number of aliphatic imine (C=N–C) groups is 2. The second-order valence-electron chi connectivity index (χ2n) is 12.2. The number of nitrogens with one attached hydrogen (secondary N) is 2. The molecule has 1 heterocycles. The largest absolute Gasteiger partial charge is 0.481 e. The summed E-state index contributed by atoms with van der Waals surface area (Å²) in [4.78, 5) is 90.7. The van der Waals surface area contributed by atoms with Crippen LogP contribution in [0.1, 0.15) is 80.1 Å². The minimum atomic E-state index is -0.833. The van der Waals surface area contributed by atoms with Gasteiger partial charge in [-0.15, -0.1) is 0 Å². The van der Waals surface area contributed by atoms with Crippen molar-refractivity contribution in [2.24, 2.45) is 44.4 Å². The Bertz CT molecular complexity index is 1080. The van der Waals surface area contributed by atoms with Gasteiger partial charge in [0.1, 0.15) is 0 Å². The van der Waals surface area contributed by atoms with Crippen molar-refractivity contribution in [1.82, 2.24) is 20.4 Å². The van der Waals surface area contributed by atoms with Crippen LogP contribution in [0.25, 0.3) is 0 Å². The lowest BCUT2D eigenvalue weighted by Crippen LogP contribution is -2.48. The van der Waals surface area contributed by atoms with Crippen LogP contribution in [0.2, 0.25) is 0 Å². The van der Waals surface area contributed by atoms with Gasteiger partial charge < -0.3 is 85.5 Å². The predicted molar refractivity (Wildman–Crippen MR) is 224 cm³/mol. The Balaban J connectivity index is -0.000000246. The van der Waals surface area contributed by atoms with E-state index in [1.165, 1.54) is 0 Å². The van der Waals surface area contributed by atoms with Crippen molar-refractivity contribution in [3.05, 3.63) is 0 Å². The van der Waals surface area contributed by atoms with Crippen molar-refractivity contribution in [3.63, 3.8) is 0 Å². The van der Waals surface area contributed by atoms with Crippen molar-refractivity contribution in [1.29, 1.82) is 0 Å². The fourth-order valence-corrected chi connectivity index (χ4v) is 3.83. The van der Waals surface area contributed by atoms with E-state index in [1.54, 1.807) is 0 Å². The maximum absolute atomic E-state index is 12.1. The van der Waals surface area contributed by atoms with Gasteiger partial charge >= 0.3 is 0 Å². The van der Waals surface area contributed by atoms with Gasteiger partial charge in [0.05, 0.1) is 12.1 Å². The highest BCUT2D eigenvalue weighted by atomic mass is 16.4. The van der Waals surface area contributed by atoms with Crippen molar-refractivity contribution in [2.45, 2.75) is 92.2 Å². The SMILES string of the molecule is CC(=O)O.CC(=O)O.CC(=O)O.CC(=O)O.CC(=O)O.CC(=O)O.NC(N)=NCCC[C@H](N)C(=O)NCCCN1CCN(CCCNC(=O)[C@@H](N)CCCN=C(N)N)CC1. The third kappa shape index (κ3) is 84.6. The standard InChI is InChI=1S/C22H48N12O2.6C2H4O2/c23-17(5-1-7-31-21(25)26)19(35)29-9-3-11-33-13-15-34(16-14-33)12-4-10-30-20(36)18(24)6-2-8-32-22(27)28;6*1-2(3)4/h17-18H,1-16,23-24H2,(H,29,35)(H,30,36)(H4,25,26,31)(H4,27,28,32);6*1H3,(H,3,4)/t17-,18-;;;;;;/m0....../s1. The molecule has 0 bridgehead atoms. The molecule has 26 nitrogen and oxygen atoms in total. The topological polar surface area (TPSA) is 469 Å². The molecule has 0 saturated carbocycles. The van der Waals surface area contributed by atoms with Crippen molar-refractivity contribution < 1.29 is 69.0 Å². The molecule has 60 heavy (non-hydrogen) atoms. The summed E-state index contributed by atoms with van der Waals surface area (Å²) in [6.07, 6.45) is 4.18. The first-order valence-electron chi connectivity index (χ1n) is 18.4. The van der Waals surface area contributed by atoms with Crippen LogP contribution in [0.3, 0.4) is 0 Å². The predicted octanol–water partition coefficient (Wildman–Crippen LogP) is -3.08. The molecule has 352 valence electrons. The van der Waals surface area contributed by atoms with Gasteiger partial charge in [0.15, 0.2) is 11.9 Å². The highest BCUT2D eigenvalue weighted by Crippen LogP contribution is 2.03. The molecule has 0 aromatic carbocycles. The van der Waals surface area contributed by atoms with Crippen LogP contribution in [0.5, 0.6) is 0 Å². The molecular weight excluding hydrogens is 800 g/mol. The highest BCUT2D eigenvalue weighted by Gasteiger charge is 2.17. The van der Waals surface area contributed by atoms with E-state index in [4.69, 9.17) is 93.8 Å². The molecule has 2 atom stereocenters. The maximum atomic E-state index is 12.1. The van der Waals surface area contributed by atoms with Crippen LogP contribution in [-0.4, -0.2) is 178 Å². The summed E-state index contributed by atoms with van der Waals surface area (Å²) in [5.41, 5.74) is 32.9. The molecule has 0 aromatic heterocycles. The number of nitrogens with two attached hydrogens (primary N) is 6. The summed E-state index contributed by atoms with van der Waals surface area (Å²) in [6, 6.07) is -1.08. The van der Waals surface area contributed by atoms with Gasteiger partial charge in [-0.1, -0.05) is 0 Å². The Kier molecular flexibility index (Phi) is 50.4.